The summed E-state index contributed by atoms with van der Waals surface area (Å²) in [5.41, 5.74) is 1.58. The van der Waals surface area contributed by atoms with Gasteiger partial charge in [-0.3, -0.25) is 9.59 Å². The van der Waals surface area contributed by atoms with Gasteiger partial charge in [-0.25, -0.2) is 0 Å². The van der Waals surface area contributed by atoms with Gasteiger partial charge in [0, 0.05) is 30.0 Å². The first kappa shape index (κ1) is 20.5. The van der Waals surface area contributed by atoms with Gasteiger partial charge >= 0.3 is 0 Å². The summed E-state index contributed by atoms with van der Waals surface area (Å²) in [7, 11) is 1.61. The van der Waals surface area contributed by atoms with E-state index in [9.17, 15) is 9.59 Å². The van der Waals surface area contributed by atoms with Crippen molar-refractivity contribution in [1.29, 1.82) is 0 Å². The third kappa shape index (κ3) is 6.42. The molecule has 0 saturated carbocycles. The highest BCUT2D eigenvalue weighted by atomic mass is 16.5. The fourth-order valence-electron chi connectivity index (χ4n) is 2.30. The van der Waals surface area contributed by atoms with Gasteiger partial charge in [-0.2, -0.15) is 0 Å². The van der Waals surface area contributed by atoms with E-state index >= 15 is 0 Å². The highest BCUT2D eigenvalue weighted by Gasteiger charge is 2.11. The molecule has 0 fully saturated rings. The summed E-state index contributed by atoms with van der Waals surface area (Å²) in [6.45, 7) is 4.92. The van der Waals surface area contributed by atoms with Crippen molar-refractivity contribution in [3.05, 3.63) is 59.7 Å². The standard InChI is InChI=1S/C21H26N2O4/c1-4-15(2)22-21(25)17-6-5-7-18(14-17)23-20(24)16-8-10-19(11-9-16)27-13-12-26-3/h5-11,14-15H,4,12-13H2,1-3H3,(H,22,25)(H,23,24). The molecule has 0 aliphatic rings. The van der Waals surface area contributed by atoms with Gasteiger partial charge in [-0.15, -0.1) is 0 Å². The van der Waals surface area contributed by atoms with Crippen LogP contribution in [0, 0.1) is 0 Å². The average molecular weight is 370 g/mol. The van der Waals surface area contributed by atoms with Gasteiger partial charge in [-0.1, -0.05) is 13.0 Å². The van der Waals surface area contributed by atoms with Gasteiger partial charge < -0.3 is 20.1 Å². The van der Waals surface area contributed by atoms with Crippen molar-refractivity contribution in [2.45, 2.75) is 26.3 Å². The second kappa shape index (κ2) is 10.3. The molecule has 0 aromatic heterocycles. The summed E-state index contributed by atoms with van der Waals surface area (Å²) >= 11 is 0. The second-order valence-electron chi connectivity index (χ2n) is 6.18. The maximum absolute atomic E-state index is 12.4. The summed E-state index contributed by atoms with van der Waals surface area (Å²) < 4.78 is 10.4. The molecule has 0 bridgehead atoms. The summed E-state index contributed by atoms with van der Waals surface area (Å²) in [6, 6.07) is 13.8. The Hall–Kier alpha value is -2.86. The number of methoxy groups -OCH3 is 1. The third-order valence-corrected chi connectivity index (χ3v) is 4.05. The molecule has 27 heavy (non-hydrogen) atoms. The first-order chi connectivity index (χ1) is 13.0. The molecule has 0 heterocycles. The number of carbonyl (C=O) groups excluding carboxylic acids is 2. The number of anilines is 1. The minimum absolute atomic E-state index is 0.0976. The zero-order chi connectivity index (χ0) is 19.6. The van der Waals surface area contributed by atoms with Crippen LogP contribution in [0.3, 0.4) is 0 Å². The monoisotopic (exact) mass is 370 g/mol. The van der Waals surface area contributed by atoms with Gasteiger partial charge in [0.1, 0.15) is 12.4 Å². The Balaban J connectivity index is 1.99. The molecule has 0 spiro atoms. The molecule has 2 amide bonds. The van der Waals surface area contributed by atoms with Crippen molar-refractivity contribution in [3.8, 4) is 5.75 Å². The molecule has 0 aliphatic heterocycles. The molecule has 6 heteroatoms. The Kier molecular flexibility index (Phi) is 7.82. The number of ether oxygens (including phenoxy) is 2. The topological polar surface area (TPSA) is 76.7 Å². The Bertz CT molecular complexity index is 759. The largest absolute Gasteiger partial charge is 0.491 e. The van der Waals surface area contributed by atoms with Gasteiger partial charge in [0.25, 0.3) is 11.8 Å². The molecule has 144 valence electrons. The van der Waals surface area contributed by atoms with Gasteiger partial charge in [-0.05, 0) is 55.8 Å². The molecule has 0 aliphatic carbocycles. The van der Waals surface area contributed by atoms with Crippen molar-refractivity contribution in [2.24, 2.45) is 0 Å². The van der Waals surface area contributed by atoms with E-state index in [4.69, 9.17) is 9.47 Å². The minimum Gasteiger partial charge on any atom is -0.491 e. The summed E-state index contributed by atoms with van der Waals surface area (Å²) in [6.07, 6.45) is 0.855. The number of hydrogen-bond donors (Lipinski definition) is 2. The van der Waals surface area contributed by atoms with E-state index in [0.717, 1.165) is 6.42 Å². The van der Waals surface area contributed by atoms with Crippen LogP contribution in [0.1, 0.15) is 41.0 Å². The van der Waals surface area contributed by atoms with Gasteiger partial charge in [0.15, 0.2) is 0 Å². The lowest BCUT2D eigenvalue weighted by Gasteiger charge is -2.12. The fraction of sp³-hybridized carbons (Fsp3) is 0.333. The quantitative estimate of drug-likeness (QED) is 0.663. The Morgan fingerprint density at radius 3 is 2.41 bits per heavy atom. The molecular formula is C21H26N2O4. The summed E-state index contributed by atoms with van der Waals surface area (Å²) in [4.78, 5) is 24.6. The molecule has 6 nitrogen and oxygen atoms in total. The molecule has 0 radical (unpaired) electrons. The number of amides is 2. The lowest BCUT2D eigenvalue weighted by molar-refractivity contribution is 0.0938. The predicted octanol–water partition coefficient (Wildman–Crippen LogP) is 3.49. The van der Waals surface area contributed by atoms with Crippen LogP contribution in [-0.2, 0) is 4.74 Å². The number of carbonyl (C=O) groups is 2. The number of nitrogens with one attached hydrogen (secondary N) is 2. The van der Waals surface area contributed by atoms with Crippen molar-refractivity contribution in [2.75, 3.05) is 25.6 Å². The van der Waals surface area contributed by atoms with Crippen LogP contribution in [0.25, 0.3) is 0 Å². The van der Waals surface area contributed by atoms with Crippen LogP contribution in [0.4, 0.5) is 5.69 Å². The fourth-order valence-corrected chi connectivity index (χ4v) is 2.30. The molecular weight excluding hydrogens is 344 g/mol. The maximum atomic E-state index is 12.4. The molecule has 2 rings (SSSR count). The zero-order valence-corrected chi connectivity index (χ0v) is 16.0. The van der Waals surface area contributed by atoms with Crippen molar-refractivity contribution < 1.29 is 19.1 Å². The van der Waals surface area contributed by atoms with Crippen LogP contribution >= 0.6 is 0 Å². The molecule has 2 aromatic carbocycles. The van der Waals surface area contributed by atoms with Crippen LogP contribution in [0.15, 0.2) is 48.5 Å². The van der Waals surface area contributed by atoms with Crippen LogP contribution in [0.5, 0.6) is 5.75 Å². The van der Waals surface area contributed by atoms with E-state index in [0.29, 0.717) is 35.8 Å². The molecule has 1 unspecified atom stereocenters. The van der Waals surface area contributed by atoms with Crippen LogP contribution < -0.4 is 15.4 Å². The van der Waals surface area contributed by atoms with E-state index < -0.39 is 0 Å². The Morgan fingerprint density at radius 2 is 1.74 bits per heavy atom. The lowest BCUT2D eigenvalue weighted by atomic mass is 10.1. The maximum Gasteiger partial charge on any atom is 0.255 e. The van der Waals surface area contributed by atoms with Gasteiger partial charge in [0.05, 0.1) is 6.61 Å². The first-order valence-electron chi connectivity index (χ1n) is 8.97. The first-order valence-corrected chi connectivity index (χ1v) is 8.97. The van der Waals surface area contributed by atoms with Crippen LogP contribution in [0.2, 0.25) is 0 Å². The van der Waals surface area contributed by atoms with Crippen LogP contribution in [-0.4, -0.2) is 38.2 Å². The van der Waals surface area contributed by atoms with Crippen molar-refractivity contribution in [3.63, 3.8) is 0 Å². The number of benzene rings is 2. The smallest absolute Gasteiger partial charge is 0.255 e. The highest BCUT2D eigenvalue weighted by Crippen LogP contribution is 2.15. The highest BCUT2D eigenvalue weighted by molar-refractivity contribution is 6.05. The van der Waals surface area contributed by atoms with E-state index in [2.05, 4.69) is 10.6 Å². The van der Waals surface area contributed by atoms with E-state index in [1.807, 2.05) is 13.8 Å². The number of rotatable bonds is 9. The average Bonchev–Trinajstić information content (AvgIpc) is 2.68. The molecule has 2 aromatic rings. The van der Waals surface area contributed by atoms with E-state index in [-0.39, 0.29) is 17.9 Å². The minimum atomic E-state index is -0.252. The molecule has 0 saturated heterocycles. The SMILES string of the molecule is CCC(C)NC(=O)c1cccc(NC(=O)c2ccc(OCCOC)cc2)c1. The van der Waals surface area contributed by atoms with Gasteiger partial charge in [0.2, 0.25) is 0 Å². The normalized spacial score (nSPS) is 11.5. The van der Waals surface area contributed by atoms with E-state index in [1.165, 1.54) is 0 Å². The predicted molar refractivity (Wildman–Crippen MR) is 105 cm³/mol. The third-order valence-electron chi connectivity index (χ3n) is 4.05. The molecule has 1 atom stereocenters. The molecule has 2 N–H and O–H groups in total. The zero-order valence-electron chi connectivity index (χ0n) is 16.0. The lowest BCUT2D eigenvalue weighted by Crippen LogP contribution is -2.31. The second-order valence-corrected chi connectivity index (χ2v) is 6.18. The van der Waals surface area contributed by atoms with E-state index in [1.54, 1.807) is 55.6 Å². The van der Waals surface area contributed by atoms with Crippen molar-refractivity contribution >= 4 is 17.5 Å². The number of hydrogen-bond acceptors (Lipinski definition) is 4. The Labute approximate surface area is 159 Å². The summed E-state index contributed by atoms with van der Waals surface area (Å²) in [5.74, 6) is 0.267. The van der Waals surface area contributed by atoms with Crippen molar-refractivity contribution in [1.82, 2.24) is 5.32 Å². The Morgan fingerprint density at radius 1 is 1.00 bits per heavy atom. The summed E-state index contributed by atoms with van der Waals surface area (Å²) in [5, 5.41) is 5.72.